The van der Waals surface area contributed by atoms with Crippen molar-refractivity contribution in [3.05, 3.63) is 23.9 Å². The number of aldehydes is 1. The van der Waals surface area contributed by atoms with Gasteiger partial charge in [-0.15, -0.1) is 0 Å². The molecule has 0 bridgehead atoms. The highest BCUT2D eigenvalue weighted by Gasteiger charge is 2.06. The van der Waals surface area contributed by atoms with E-state index >= 15 is 0 Å². The van der Waals surface area contributed by atoms with Crippen LogP contribution in [0.5, 0.6) is 5.75 Å². The fourth-order valence-electron chi connectivity index (χ4n) is 1.54. The lowest BCUT2D eigenvalue weighted by Gasteiger charge is -1.97. The van der Waals surface area contributed by atoms with Gasteiger partial charge in [0.1, 0.15) is 12.0 Å². The van der Waals surface area contributed by atoms with E-state index in [0.717, 1.165) is 22.9 Å². The minimum absolute atomic E-state index is 0.185. The first kappa shape index (κ1) is 8.74. The molecule has 14 heavy (non-hydrogen) atoms. The van der Waals surface area contributed by atoms with Crippen LogP contribution >= 0.6 is 0 Å². The number of hydrogen-bond donors (Lipinski definition) is 1. The largest absolute Gasteiger partial charge is 0.508 e. The Kier molecular flexibility index (Phi) is 1.96. The molecule has 2 aromatic rings. The maximum absolute atomic E-state index is 10.4. The van der Waals surface area contributed by atoms with Gasteiger partial charge in [-0.1, -0.05) is 0 Å². The predicted octanol–water partition coefficient (Wildman–Crippen LogP) is 1.25. The number of benzene rings is 1. The Balaban J connectivity index is 2.72. The lowest BCUT2D eigenvalue weighted by molar-refractivity contribution is -0.108. The van der Waals surface area contributed by atoms with Gasteiger partial charge in [-0.3, -0.25) is 4.68 Å². The average Bonchev–Trinajstić information content (AvgIpc) is 2.44. The minimum Gasteiger partial charge on any atom is -0.508 e. The average molecular weight is 190 g/mol. The number of aromatic nitrogens is 2. The van der Waals surface area contributed by atoms with Gasteiger partial charge in [0.15, 0.2) is 0 Å². The molecule has 0 saturated heterocycles. The Hall–Kier alpha value is -1.84. The van der Waals surface area contributed by atoms with Crippen molar-refractivity contribution in [3.63, 3.8) is 0 Å². The maximum atomic E-state index is 10.4. The Morgan fingerprint density at radius 3 is 3.07 bits per heavy atom. The summed E-state index contributed by atoms with van der Waals surface area (Å²) in [7, 11) is 0. The molecule has 0 aliphatic heterocycles. The summed E-state index contributed by atoms with van der Waals surface area (Å²) in [6.45, 7) is 2.09. The Morgan fingerprint density at radius 2 is 2.36 bits per heavy atom. The number of aromatic hydroxyl groups is 1. The molecule has 0 aliphatic rings. The van der Waals surface area contributed by atoms with Gasteiger partial charge in [-0.25, -0.2) is 0 Å². The van der Waals surface area contributed by atoms with Crippen LogP contribution in [0.2, 0.25) is 0 Å². The Bertz CT molecular complexity index is 488. The van der Waals surface area contributed by atoms with Crippen molar-refractivity contribution in [2.75, 3.05) is 0 Å². The molecule has 1 N–H and O–H groups in total. The molecule has 1 heterocycles. The summed E-state index contributed by atoms with van der Waals surface area (Å²) >= 11 is 0. The monoisotopic (exact) mass is 190 g/mol. The molecule has 0 fully saturated rings. The van der Waals surface area contributed by atoms with Crippen LogP contribution in [0.25, 0.3) is 10.9 Å². The van der Waals surface area contributed by atoms with Gasteiger partial charge >= 0.3 is 0 Å². The molecule has 0 saturated carbocycles. The third-order valence-corrected chi connectivity index (χ3v) is 2.17. The van der Waals surface area contributed by atoms with Gasteiger partial charge in [0.2, 0.25) is 0 Å². The zero-order chi connectivity index (χ0) is 10.1. The van der Waals surface area contributed by atoms with Crippen LogP contribution in [-0.2, 0) is 11.3 Å². The normalized spacial score (nSPS) is 10.6. The van der Waals surface area contributed by atoms with Crippen LogP contribution in [0.1, 0.15) is 5.69 Å². The summed E-state index contributed by atoms with van der Waals surface area (Å²) in [5.41, 5.74) is 1.65. The molecular weight excluding hydrogens is 180 g/mol. The number of phenols is 1. The van der Waals surface area contributed by atoms with Gasteiger partial charge < -0.3 is 9.90 Å². The van der Waals surface area contributed by atoms with E-state index in [2.05, 4.69) is 5.10 Å². The lowest BCUT2D eigenvalue weighted by atomic mass is 10.2. The molecule has 1 aromatic heterocycles. The molecule has 0 aliphatic carbocycles. The number of carbonyl (C=O) groups excluding carboxylic acids is 1. The molecule has 0 amide bonds. The fourth-order valence-corrected chi connectivity index (χ4v) is 1.54. The molecule has 0 spiro atoms. The highest BCUT2D eigenvalue weighted by atomic mass is 16.3. The second-order valence-corrected chi connectivity index (χ2v) is 3.14. The molecule has 1 aromatic carbocycles. The van der Waals surface area contributed by atoms with E-state index in [1.54, 1.807) is 22.9 Å². The molecule has 0 atom stereocenters. The van der Waals surface area contributed by atoms with Crippen molar-refractivity contribution < 1.29 is 9.90 Å². The lowest BCUT2D eigenvalue weighted by Crippen LogP contribution is -2.00. The summed E-state index contributed by atoms with van der Waals surface area (Å²) in [6, 6.07) is 5.02. The van der Waals surface area contributed by atoms with Gasteiger partial charge in [0.25, 0.3) is 0 Å². The molecule has 2 rings (SSSR count). The van der Waals surface area contributed by atoms with Crippen LogP contribution in [0.4, 0.5) is 0 Å². The van der Waals surface area contributed by atoms with Crippen molar-refractivity contribution in [1.82, 2.24) is 9.78 Å². The summed E-state index contributed by atoms with van der Waals surface area (Å²) < 4.78 is 1.58. The molecule has 4 heteroatoms. The quantitative estimate of drug-likeness (QED) is 0.725. The number of phenolic OH excluding ortho intramolecular Hbond substituents is 1. The van der Waals surface area contributed by atoms with Crippen molar-refractivity contribution in [2.24, 2.45) is 0 Å². The van der Waals surface area contributed by atoms with Crippen LogP contribution in [0.15, 0.2) is 18.2 Å². The van der Waals surface area contributed by atoms with E-state index < -0.39 is 0 Å². The van der Waals surface area contributed by atoms with Crippen molar-refractivity contribution in [2.45, 2.75) is 13.5 Å². The highest BCUT2D eigenvalue weighted by Crippen LogP contribution is 2.22. The highest BCUT2D eigenvalue weighted by molar-refractivity contribution is 5.83. The van der Waals surface area contributed by atoms with Crippen molar-refractivity contribution in [1.29, 1.82) is 0 Å². The molecule has 72 valence electrons. The summed E-state index contributed by atoms with van der Waals surface area (Å²) in [5.74, 6) is 0.185. The van der Waals surface area contributed by atoms with Crippen LogP contribution in [0.3, 0.4) is 0 Å². The third kappa shape index (κ3) is 1.25. The van der Waals surface area contributed by atoms with E-state index in [0.29, 0.717) is 0 Å². The van der Waals surface area contributed by atoms with Crippen molar-refractivity contribution >= 4 is 17.2 Å². The van der Waals surface area contributed by atoms with Gasteiger partial charge in [0.05, 0.1) is 17.8 Å². The number of fused-ring (bicyclic) bond motifs is 1. The first-order valence-electron chi connectivity index (χ1n) is 4.32. The number of aryl methyl sites for hydroxylation is 1. The zero-order valence-corrected chi connectivity index (χ0v) is 7.77. The first-order valence-corrected chi connectivity index (χ1v) is 4.32. The molecule has 0 unspecified atom stereocenters. The standard InChI is InChI=1S/C10H10N2O2/c1-7-9-3-2-8(14)6-10(9)12(11-7)4-5-13/h2-3,5-6,14H,4H2,1H3. The van der Waals surface area contributed by atoms with Crippen LogP contribution in [0, 0.1) is 6.92 Å². The van der Waals surface area contributed by atoms with Crippen LogP contribution < -0.4 is 0 Å². The van der Waals surface area contributed by atoms with E-state index in [4.69, 9.17) is 0 Å². The third-order valence-electron chi connectivity index (χ3n) is 2.17. The van der Waals surface area contributed by atoms with Gasteiger partial charge in [-0.2, -0.15) is 5.10 Å². The second-order valence-electron chi connectivity index (χ2n) is 3.14. The molecular formula is C10H10N2O2. The van der Waals surface area contributed by atoms with E-state index in [-0.39, 0.29) is 12.3 Å². The minimum atomic E-state index is 0.185. The van der Waals surface area contributed by atoms with Gasteiger partial charge in [0, 0.05) is 11.5 Å². The predicted molar refractivity (Wildman–Crippen MR) is 52.2 cm³/mol. The number of rotatable bonds is 2. The topological polar surface area (TPSA) is 55.1 Å². The SMILES string of the molecule is Cc1nn(CC=O)c2cc(O)ccc12. The van der Waals surface area contributed by atoms with E-state index in [9.17, 15) is 9.90 Å². The smallest absolute Gasteiger partial charge is 0.141 e. The number of nitrogens with zero attached hydrogens (tertiary/aromatic N) is 2. The van der Waals surface area contributed by atoms with Crippen molar-refractivity contribution in [3.8, 4) is 5.75 Å². The summed E-state index contributed by atoms with van der Waals surface area (Å²) in [4.78, 5) is 10.4. The van der Waals surface area contributed by atoms with Crippen LogP contribution in [-0.4, -0.2) is 21.2 Å². The molecule has 4 nitrogen and oxygen atoms in total. The molecule has 0 radical (unpaired) electrons. The number of hydrogen-bond acceptors (Lipinski definition) is 3. The van der Waals surface area contributed by atoms with Gasteiger partial charge in [-0.05, 0) is 19.1 Å². The second kappa shape index (κ2) is 3.14. The summed E-state index contributed by atoms with van der Waals surface area (Å²) in [5, 5.41) is 14.5. The van der Waals surface area contributed by atoms with E-state index in [1.807, 2.05) is 6.92 Å². The van der Waals surface area contributed by atoms with E-state index in [1.165, 1.54) is 0 Å². The zero-order valence-electron chi connectivity index (χ0n) is 7.77. The maximum Gasteiger partial charge on any atom is 0.141 e. The number of carbonyl (C=O) groups is 1. The Morgan fingerprint density at radius 1 is 1.57 bits per heavy atom. The summed E-state index contributed by atoms with van der Waals surface area (Å²) in [6.07, 6.45) is 0.788. The fraction of sp³-hybridized carbons (Fsp3) is 0.200. The first-order chi connectivity index (χ1) is 6.72. The Labute approximate surface area is 80.8 Å².